The van der Waals surface area contributed by atoms with E-state index in [1.54, 1.807) is 12.3 Å². The van der Waals surface area contributed by atoms with Crippen molar-refractivity contribution >= 4 is 29.3 Å². The van der Waals surface area contributed by atoms with Crippen LogP contribution in [0.15, 0.2) is 66.1 Å². The van der Waals surface area contributed by atoms with Gasteiger partial charge in [0.15, 0.2) is 5.16 Å². The molecule has 7 heteroatoms. The molecule has 0 aliphatic rings. The zero-order valence-corrected chi connectivity index (χ0v) is 18.7. The molecule has 0 saturated carbocycles. The molecule has 2 amide bonds. The number of aromatic nitrogens is 2. The van der Waals surface area contributed by atoms with E-state index < -0.39 is 0 Å². The molecule has 0 unspecified atom stereocenters. The van der Waals surface area contributed by atoms with Crippen molar-refractivity contribution in [3.63, 3.8) is 0 Å². The Bertz CT molecular complexity index is 1010. The van der Waals surface area contributed by atoms with Gasteiger partial charge in [-0.15, -0.1) is 0 Å². The van der Waals surface area contributed by atoms with Crippen molar-refractivity contribution in [2.24, 2.45) is 0 Å². The first kappa shape index (κ1) is 22.6. The highest BCUT2D eigenvalue weighted by Crippen LogP contribution is 2.21. The molecule has 0 spiro atoms. The van der Waals surface area contributed by atoms with Crippen LogP contribution in [0.2, 0.25) is 0 Å². The molecule has 1 aromatic heterocycles. The van der Waals surface area contributed by atoms with Gasteiger partial charge in [-0.3, -0.25) is 14.2 Å². The Morgan fingerprint density at radius 2 is 1.90 bits per heavy atom. The molecular formula is C24H28N4O2S. The summed E-state index contributed by atoms with van der Waals surface area (Å²) in [7, 11) is 0. The van der Waals surface area contributed by atoms with Gasteiger partial charge in [0.25, 0.3) is 5.91 Å². The third-order valence-electron chi connectivity index (χ3n) is 4.79. The minimum Gasteiger partial charge on any atom is -0.352 e. The molecule has 0 aliphatic carbocycles. The first-order valence-corrected chi connectivity index (χ1v) is 11.5. The lowest BCUT2D eigenvalue weighted by molar-refractivity contribution is -0.113. The van der Waals surface area contributed by atoms with Crippen LogP contribution >= 0.6 is 11.8 Å². The predicted molar refractivity (Wildman–Crippen MR) is 126 cm³/mol. The highest BCUT2D eigenvalue weighted by molar-refractivity contribution is 7.99. The molecule has 0 bridgehead atoms. The Labute approximate surface area is 187 Å². The van der Waals surface area contributed by atoms with Gasteiger partial charge in [-0.25, -0.2) is 4.98 Å². The lowest BCUT2D eigenvalue weighted by Crippen LogP contribution is -2.24. The fourth-order valence-corrected chi connectivity index (χ4v) is 3.79. The van der Waals surface area contributed by atoms with Gasteiger partial charge in [-0.05, 0) is 48.7 Å². The summed E-state index contributed by atoms with van der Waals surface area (Å²) in [5.74, 6) is 0.0648. The summed E-state index contributed by atoms with van der Waals surface area (Å²) in [6, 6.07) is 15.3. The summed E-state index contributed by atoms with van der Waals surface area (Å²) in [6.07, 6.45) is 6.48. The van der Waals surface area contributed by atoms with Gasteiger partial charge in [0.2, 0.25) is 5.91 Å². The standard InChI is InChI=1S/C24H28N4O2S/c1-3-5-13-25-23(30)19-7-6-8-21(16-19)28-15-14-26-24(28)31-17-22(29)27-20-11-9-18(4-2)10-12-20/h6-12,14-16H,3-5,13,17H2,1-2H3,(H,25,30)(H,27,29). The van der Waals surface area contributed by atoms with E-state index in [2.05, 4.69) is 29.5 Å². The molecule has 31 heavy (non-hydrogen) atoms. The van der Waals surface area contributed by atoms with E-state index in [0.29, 0.717) is 17.3 Å². The number of nitrogens with zero attached hydrogens (tertiary/aromatic N) is 2. The minimum absolute atomic E-state index is 0.0851. The van der Waals surface area contributed by atoms with Gasteiger partial charge < -0.3 is 10.6 Å². The van der Waals surface area contributed by atoms with Crippen molar-refractivity contribution < 1.29 is 9.59 Å². The van der Waals surface area contributed by atoms with E-state index in [-0.39, 0.29) is 17.6 Å². The summed E-state index contributed by atoms with van der Waals surface area (Å²) in [5.41, 5.74) is 3.45. The lowest BCUT2D eigenvalue weighted by atomic mass is 10.1. The SMILES string of the molecule is CCCCNC(=O)c1cccc(-n2ccnc2SCC(=O)Nc2ccc(CC)cc2)c1. The first-order chi connectivity index (χ1) is 15.1. The van der Waals surface area contributed by atoms with Gasteiger partial charge in [0.1, 0.15) is 0 Å². The zero-order chi connectivity index (χ0) is 22.1. The van der Waals surface area contributed by atoms with Gasteiger partial charge in [-0.1, -0.05) is 50.2 Å². The topological polar surface area (TPSA) is 76.0 Å². The molecular weight excluding hydrogens is 408 g/mol. The van der Waals surface area contributed by atoms with Gasteiger partial charge in [-0.2, -0.15) is 0 Å². The highest BCUT2D eigenvalue weighted by atomic mass is 32.2. The van der Waals surface area contributed by atoms with E-state index in [4.69, 9.17) is 0 Å². The summed E-state index contributed by atoms with van der Waals surface area (Å²) >= 11 is 1.35. The first-order valence-electron chi connectivity index (χ1n) is 10.5. The summed E-state index contributed by atoms with van der Waals surface area (Å²) < 4.78 is 1.89. The summed E-state index contributed by atoms with van der Waals surface area (Å²) in [4.78, 5) is 29.1. The molecule has 0 radical (unpaired) electrons. The number of unbranched alkanes of at least 4 members (excludes halogenated alkanes) is 1. The normalized spacial score (nSPS) is 10.6. The van der Waals surface area contributed by atoms with Crippen molar-refractivity contribution in [2.75, 3.05) is 17.6 Å². The maximum absolute atomic E-state index is 12.4. The number of benzene rings is 2. The number of hydrogen-bond donors (Lipinski definition) is 2. The largest absolute Gasteiger partial charge is 0.352 e. The second kappa shape index (κ2) is 11.4. The van der Waals surface area contributed by atoms with E-state index in [9.17, 15) is 9.59 Å². The summed E-state index contributed by atoms with van der Waals surface area (Å²) in [5, 5.41) is 6.54. The van der Waals surface area contributed by atoms with Gasteiger partial charge >= 0.3 is 0 Å². The van der Waals surface area contributed by atoms with Crippen molar-refractivity contribution in [2.45, 2.75) is 38.3 Å². The lowest BCUT2D eigenvalue weighted by Gasteiger charge is -2.10. The van der Waals surface area contributed by atoms with Crippen LogP contribution in [0, 0.1) is 0 Å². The van der Waals surface area contributed by atoms with Crippen LogP contribution in [-0.4, -0.2) is 33.7 Å². The molecule has 0 atom stereocenters. The van der Waals surface area contributed by atoms with Crippen LogP contribution in [0.4, 0.5) is 5.69 Å². The number of anilines is 1. The fraction of sp³-hybridized carbons (Fsp3) is 0.292. The third-order valence-corrected chi connectivity index (χ3v) is 5.75. The third kappa shape index (κ3) is 6.46. The number of nitrogens with one attached hydrogen (secondary N) is 2. The Morgan fingerprint density at radius 3 is 2.65 bits per heavy atom. The number of aryl methyl sites for hydroxylation is 1. The Morgan fingerprint density at radius 1 is 1.10 bits per heavy atom. The zero-order valence-electron chi connectivity index (χ0n) is 17.9. The van der Waals surface area contributed by atoms with Crippen LogP contribution in [-0.2, 0) is 11.2 Å². The quantitative estimate of drug-likeness (QED) is 0.357. The molecule has 1 heterocycles. The second-order valence-electron chi connectivity index (χ2n) is 7.13. The van der Waals surface area contributed by atoms with Crippen LogP contribution in [0.5, 0.6) is 0 Å². The number of carbonyl (C=O) groups excluding carboxylic acids is 2. The molecule has 2 aromatic carbocycles. The molecule has 6 nitrogen and oxygen atoms in total. The molecule has 162 valence electrons. The fourth-order valence-electron chi connectivity index (χ4n) is 3.02. The number of rotatable bonds is 10. The molecule has 0 fully saturated rings. The molecule has 2 N–H and O–H groups in total. The molecule has 3 aromatic rings. The highest BCUT2D eigenvalue weighted by Gasteiger charge is 2.12. The Balaban J connectivity index is 1.62. The smallest absolute Gasteiger partial charge is 0.251 e. The van der Waals surface area contributed by atoms with E-state index >= 15 is 0 Å². The summed E-state index contributed by atoms with van der Waals surface area (Å²) in [6.45, 7) is 4.86. The van der Waals surface area contributed by atoms with Crippen molar-refractivity contribution in [3.8, 4) is 5.69 Å². The number of hydrogen-bond acceptors (Lipinski definition) is 4. The van der Waals surface area contributed by atoms with E-state index in [0.717, 1.165) is 30.6 Å². The number of amides is 2. The van der Waals surface area contributed by atoms with E-state index in [1.807, 2.05) is 53.2 Å². The Hall–Kier alpha value is -3.06. The van der Waals surface area contributed by atoms with Crippen LogP contribution in [0.3, 0.4) is 0 Å². The molecule has 3 rings (SSSR count). The monoisotopic (exact) mass is 436 g/mol. The van der Waals surface area contributed by atoms with Crippen molar-refractivity contribution in [3.05, 3.63) is 72.1 Å². The van der Waals surface area contributed by atoms with Crippen molar-refractivity contribution in [1.29, 1.82) is 0 Å². The van der Waals surface area contributed by atoms with Crippen LogP contribution < -0.4 is 10.6 Å². The van der Waals surface area contributed by atoms with Gasteiger partial charge in [0, 0.05) is 35.9 Å². The van der Waals surface area contributed by atoms with Crippen LogP contribution in [0.25, 0.3) is 5.69 Å². The average Bonchev–Trinajstić information content (AvgIpc) is 3.27. The molecule has 0 saturated heterocycles. The van der Waals surface area contributed by atoms with E-state index in [1.165, 1.54) is 17.3 Å². The average molecular weight is 437 g/mol. The van der Waals surface area contributed by atoms with Gasteiger partial charge in [0.05, 0.1) is 5.75 Å². The van der Waals surface area contributed by atoms with Crippen LogP contribution in [0.1, 0.15) is 42.6 Å². The number of imidazole rings is 1. The van der Waals surface area contributed by atoms with Crippen molar-refractivity contribution in [1.82, 2.24) is 14.9 Å². The number of thioether (sulfide) groups is 1. The maximum Gasteiger partial charge on any atom is 0.251 e. The molecule has 0 aliphatic heterocycles. The predicted octanol–water partition coefficient (Wildman–Crippen LogP) is 4.70. The Kier molecular flexibility index (Phi) is 8.29. The second-order valence-corrected chi connectivity index (χ2v) is 8.07. The minimum atomic E-state index is -0.0900. The maximum atomic E-state index is 12.4. The number of carbonyl (C=O) groups is 2.